The SMILES string of the molecule is c1ccc2c(c1)CN(CCNCC1CCCC1)C2. The van der Waals surface area contributed by atoms with Crippen molar-refractivity contribution < 1.29 is 0 Å². The van der Waals surface area contributed by atoms with E-state index < -0.39 is 0 Å². The highest BCUT2D eigenvalue weighted by Gasteiger charge is 2.18. The van der Waals surface area contributed by atoms with Gasteiger partial charge in [0.15, 0.2) is 0 Å². The number of hydrogen-bond acceptors (Lipinski definition) is 2. The maximum atomic E-state index is 3.64. The van der Waals surface area contributed by atoms with Gasteiger partial charge in [0.2, 0.25) is 0 Å². The summed E-state index contributed by atoms with van der Waals surface area (Å²) in [5, 5.41) is 3.64. The van der Waals surface area contributed by atoms with Crippen molar-refractivity contribution in [3.8, 4) is 0 Å². The molecular formula is C16H24N2. The summed E-state index contributed by atoms with van der Waals surface area (Å²) in [4.78, 5) is 2.55. The molecule has 1 aliphatic carbocycles. The minimum atomic E-state index is 0.959. The molecule has 1 aromatic carbocycles. The molecule has 2 aliphatic rings. The van der Waals surface area contributed by atoms with Crippen LogP contribution in [-0.4, -0.2) is 24.5 Å². The van der Waals surface area contributed by atoms with Gasteiger partial charge >= 0.3 is 0 Å². The fourth-order valence-corrected chi connectivity index (χ4v) is 3.32. The number of rotatable bonds is 5. The van der Waals surface area contributed by atoms with Crippen molar-refractivity contribution >= 4 is 0 Å². The Balaban J connectivity index is 1.35. The molecule has 0 amide bonds. The number of benzene rings is 1. The predicted molar refractivity (Wildman–Crippen MR) is 75.4 cm³/mol. The van der Waals surface area contributed by atoms with Gasteiger partial charge in [-0.2, -0.15) is 0 Å². The van der Waals surface area contributed by atoms with Crippen LogP contribution in [0.4, 0.5) is 0 Å². The van der Waals surface area contributed by atoms with E-state index in [0.717, 1.165) is 25.6 Å². The first-order valence-electron chi connectivity index (χ1n) is 7.41. The second kappa shape index (κ2) is 5.85. The molecule has 1 fully saturated rings. The summed E-state index contributed by atoms with van der Waals surface area (Å²) in [5.74, 6) is 0.959. The lowest BCUT2D eigenvalue weighted by Crippen LogP contribution is -2.31. The summed E-state index contributed by atoms with van der Waals surface area (Å²) >= 11 is 0. The molecule has 0 aromatic heterocycles. The molecule has 1 aliphatic heterocycles. The maximum absolute atomic E-state index is 3.64. The van der Waals surface area contributed by atoms with E-state index in [2.05, 4.69) is 34.5 Å². The van der Waals surface area contributed by atoms with E-state index in [0.29, 0.717) is 0 Å². The number of fused-ring (bicyclic) bond motifs is 1. The number of hydrogen-bond donors (Lipinski definition) is 1. The zero-order chi connectivity index (χ0) is 12.2. The second-order valence-electron chi connectivity index (χ2n) is 5.83. The van der Waals surface area contributed by atoms with Crippen molar-refractivity contribution in [3.63, 3.8) is 0 Å². The van der Waals surface area contributed by atoms with Gasteiger partial charge in [0.05, 0.1) is 0 Å². The topological polar surface area (TPSA) is 15.3 Å². The van der Waals surface area contributed by atoms with Gasteiger partial charge in [0.1, 0.15) is 0 Å². The Morgan fingerprint density at radius 1 is 1.06 bits per heavy atom. The Morgan fingerprint density at radius 3 is 2.39 bits per heavy atom. The van der Waals surface area contributed by atoms with E-state index in [1.54, 1.807) is 0 Å². The summed E-state index contributed by atoms with van der Waals surface area (Å²) in [7, 11) is 0. The molecule has 1 heterocycles. The Kier molecular flexibility index (Phi) is 3.96. The van der Waals surface area contributed by atoms with Crippen LogP contribution in [0.2, 0.25) is 0 Å². The highest BCUT2D eigenvalue weighted by atomic mass is 15.2. The molecule has 1 N–H and O–H groups in total. The third kappa shape index (κ3) is 2.93. The quantitative estimate of drug-likeness (QED) is 0.801. The molecular weight excluding hydrogens is 220 g/mol. The van der Waals surface area contributed by atoms with Gasteiger partial charge in [-0.15, -0.1) is 0 Å². The normalized spacial score (nSPS) is 20.4. The minimum Gasteiger partial charge on any atom is -0.315 e. The minimum absolute atomic E-state index is 0.959. The molecule has 1 aromatic rings. The molecule has 0 bridgehead atoms. The van der Waals surface area contributed by atoms with E-state index in [-0.39, 0.29) is 0 Å². The molecule has 2 nitrogen and oxygen atoms in total. The van der Waals surface area contributed by atoms with Crippen molar-refractivity contribution in [2.24, 2.45) is 5.92 Å². The predicted octanol–water partition coefficient (Wildman–Crippen LogP) is 2.78. The highest BCUT2D eigenvalue weighted by molar-refractivity contribution is 5.30. The molecule has 98 valence electrons. The van der Waals surface area contributed by atoms with Gasteiger partial charge in [-0.25, -0.2) is 0 Å². The van der Waals surface area contributed by atoms with Gasteiger partial charge in [0, 0.05) is 26.2 Å². The summed E-state index contributed by atoms with van der Waals surface area (Å²) in [5.41, 5.74) is 3.04. The first-order valence-corrected chi connectivity index (χ1v) is 7.41. The molecule has 0 atom stereocenters. The van der Waals surface area contributed by atoms with Crippen LogP contribution in [0.15, 0.2) is 24.3 Å². The van der Waals surface area contributed by atoms with Crippen LogP contribution in [0.3, 0.4) is 0 Å². The van der Waals surface area contributed by atoms with Crippen molar-refractivity contribution in [1.82, 2.24) is 10.2 Å². The van der Waals surface area contributed by atoms with E-state index in [9.17, 15) is 0 Å². The molecule has 1 saturated carbocycles. The fourth-order valence-electron chi connectivity index (χ4n) is 3.32. The third-order valence-corrected chi connectivity index (χ3v) is 4.42. The van der Waals surface area contributed by atoms with Gasteiger partial charge in [-0.3, -0.25) is 4.90 Å². The molecule has 0 spiro atoms. The molecule has 3 rings (SSSR count). The van der Waals surface area contributed by atoms with Gasteiger partial charge in [0.25, 0.3) is 0 Å². The number of nitrogens with one attached hydrogen (secondary N) is 1. The average Bonchev–Trinajstić information content (AvgIpc) is 3.03. The zero-order valence-electron chi connectivity index (χ0n) is 11.2. The summed E-state index contributed by atoms with van der Waals surface area (Å²) in [6, 6.07) is 8.84. The smallest absolute Gasteiger partial charge is 0.0241 e. The van der Waals surface area contributed by atoms with Crippen LogP contribution in [0.25, 0.3) is 0 Å². The van der Waals surface area contributed by atoms with Crippen molar-refractivity contribution in [2.45, 2.75) is 38.8 Å². The Labute approximate surface area is 110 Å². The molecule has 0 unspecified atom stereocenters. The highest BCUT2D eigenvalue weighted by Crippen LogP contribution is 2.24. The second-order valence-corrected chi connectivity index (χ2v) is 5.83. The fraction of sp³-hybridized carbons (Fsp3) is 0.625. The van der Waals surface area contributed by atoms with Crippen LogP contribution < -0.4 is 5.32 Å². The molecule has 0 saturated heterocycles. The van der Waals surface area contributed by atoms with Gasteiger partial charge in [-0.05, 0) is 36.4 Å². The summed E-state index contributed by atoms with van der Waals surface area (Å²) in [6.07, 6.45) is 5.80. The van der Waals surface area contributed by atoms with Crippen LogP contribution in [0, 0.1) is 5.92 Å². The zero-order valence-corrected chi connectivity index (χ0v) is 11.2. The monoisotopic (exact) mass is 244 g/mol. The van der Waals surface area contributed by atoms with Crippen LogP contribution in [0.1, 0.15) is 36.8 Å². The molecule has 2 heteroatoms. The van der Waals surface area contributed by atoms with Crippen LogP contribution in [0.5, 0.6) is 0 Å². The number of nitrogens with zero attached hydrogens (tertiary/aromatic N) is 1. The van der Waals surface area contributed by atoms with Crippen LogP contribution in [-0.2, 0) is 13.1 Å². The van der Waals surface area contributed by atoms with Crippen molar-refractivity contribution in [2.75, 3.05) is 19.6 Å². The molecule has 0 radical (unpaired) electrons. The first-order chi connectivity index (χ1) is 8.92. The van der Waals surface area contributed by atoms with Gasteiger partial charge in [-0.1, -0.05) is 37.1 Å². The van der Waals surface area contributed by atoms with E-state index in [1.165, 1.54) is 49.9 Å². The maximum Gasteiger partial charge on any atom is 0.0241 e. The largest absolute Gasteiger partial charge is 0.315 e. The van der Waals surface area contributed by atoms with E-state index >= 15 is 0 Å². The van der Waals surface area contributed by atoms with Crippen LogP contribution >= 0.6 is 0 Å². The lowest BCUT2D eigenvalue weighted by molar-refractivity contribution is 0.280. The standard InChI is InChI=1S/C16H24N2/c1-2-6-14(5-1)11-17-9-10-18-12-15-7-3-4-8-16(15)13-18/h3-4,7-8,14,17H,1-2,5-6,9-13H2. The third-order valence-electron chi connectivity index (χ3n) is 4.42. The van der Waals surface area contributed by atoms with Crippen molar-refractivity contribution in [1.29, 1.82) is 0 Å². The Morgan fingerprint density at radius 2 is 1.72 bits per heavy atom. The Bertz CT molecular complexity index is 357. The summed E-state index contributed by atoms with van der Waals surface area (Å²) < 4.78 is 0. The van der Waals surface area contributed by atoms with E-state index in [1.807, 2.05) is 0 Å². The lowest BCUT2D eigenvalue weighted by Gasteiger charge is -2.16. The first kappa shape index (κ1) is 12.2. The van der Waals surface area contributed by atoms with Crippen molar-refractivity contribution in [3.05, 3.63) is 35.4 Å². The summed E-state index contributed by atoms with van der Waals surface area (Å²) in [6.45, 7) is 5.84. The average molecular weight is 244 g/mol. The lowest BCUT2D eigenvalue weighted by atomic mass is 10.1. The molecule has 18 heavy (non-hydrogen) atoms. The van der Waals surface area contributed by atoms with Gasteiger partial charge < -0.3 is 5.32 Å². The van der Waals surface area contributed by atoms with E-state index in [4.69, 9.17) is 0 Å². The Hall–Kier alpha value is -0.860.